The number of rotatable bonds is 4. The van der Waals surface area contributed by atoms with Crippen LogP contribution in [0.15, 0.2) is 36.4 Å². The third-order valence-corrected chi connectivity index (χ3v) is 2.89. The molecule has 0 fully saturated rings. The van der Waals surface area contributed by atoms with E-state index in [1.54, 1.807) is 30.3 Å². The Morgan fingerprint density at radius 1 is 0.864 bits per heavy atom. The van der Waals surface area contributed by atoms with E-state index in [2.05, 4.69) is 0 Å². The van der Waals surface area contributed by atoms with Gasteiger partial charge in [-0.15, -0.1) is 0 Å². The van der Waals surface area contributed by atoms with Gasteiger partial charge in [-0.05, 0) is 11.6 Å². The molecule has 0 radical (unpaired) electrons. The van der Waals surface area contributed by atoms with E-state index in [1.807, 2.05) is 0 Å². The molecule has 0 spiro atoms. The zero-order chi connectivity index (χ0) is 16.3. The van der Waals surface area contributed by atoms with Gasteiger partial charge in [-0.3, -0.25) is 0 Å². The van der Waals surface area contributed by atoms with Crippen molar-refractivity contribution in [1.82, 2.24) is 0 Å². The lowest BCUT2D eigenvalue weighted by Crippen LogP contribution is -2.14. The third kappa shape index (κ3) is 3.59. The van der Waals surface area contributed by atoms with Crippen molar-refractivity contribution in [2.45, 2.75) is 19.4 Å². The zero-order valence-electron chi connectivity index (χ0n) is 11.1. The van der Waals surface area contributed by atoms with Gasteiger partial charge in [0.05, 0.1) is 13.2 Å². The molecule has 0 N–H and O–H groups in total. The first-order valence-electron chi connectivity index (χ1n) is 6.16. The van der Waals surface area contributed by atoms with Gasteiger partial charge in [0, 0.05) is 5.56 Å². The molecule has 118 valence electrons. The highest BCUT2D eigenvalue weighted by molar-refractivity contribution is 5.29. The molecule has 0 saturated heterocycles. The summed E-state index contributed by atoms with van der Waals surface area (Å²) in [4.78, 5) is 0. The number of alkyl halides is 3. The molecule has 2 rings (SSSR count). The van der Waals surface area contributed by atoms with Crippen molar-refractivity contribution < 1.29 is 31.1 Å². The van der Waals surface area contributed by atoms with Crippen LogP contribution < -0.4 is 0 Å². The Labute approximate surface area is 122 Å². The molecule has 1 nitrogen and oxygen atoms in total. The summed E-state index contributed by atoms with van der Waals surface area (Å²) in [6, 6.07) is 8.96. The number of benzene rings is 2. The van der Waals surface area contributed by atoms with Crippen molar-refractivity contribution in [3.8, 4) is 0 Å². The average Bonchev–Trinajstić information content (AvgIpc) is 2.44. The first kappa shape index (κ1) is 16.4. The fraction of sp³-hybridized carbons (Fsp3) is 0.200. The first-order valence-corrected chi connectivity index (χ1v) is 6.16. The lowest BCUT2D eigenvalue weighted by molar-refractivity contribution is -0.142. The van der Waals surface area contributed by atoms with E-state index in [0.29, 0.717) is 6.07 Å². The summed E-state index contributed by atoms with van der Waals surface area (Å²) in [6.45, 7) is -0.517. The van der Waals surface area contributed by atoms with Crippen molar-refractivity contribution in [3.63, 3.8) is 0 Å². The highest BCUT2D eigenvalue weighted by Crippen LogP contribution is 2.35. The van der Waals surface area contributed by atoms with Gasteiger partial charge >= 0.3 is 6.18 Å². The number of ether oxygens (including phenoxy) is 1. The molecule has 0 heterocycles. The van der Waals surface area contributed by atoms with Crippen LogP contribution in [-0.2, 0) is 24.1 Å². The quantitative estimate of drug-likeness (QED) is 0.578. The van der Waals surface area contributed by atoms with E-state index < -0.39 is 41.4 Å². The molecule has 0 unspecified atom stereocenters. The van der Waals surface area contributed by atoms with Crippen LogP contribution >= 0.6 is 0 Å². The van der Waals surface area contributed by atoms with Gasteiger partial charge in [-0.25, -0.2) is 13.2 Å². The van der Waals surface area contributed by atoms with Crippen LogP contribution in [0.3, 0.4) is 0 Å². The molecule has 0 atom stereocenters. The van der Waals surface area contributed by atoms with Crippen LogP contribution in [0.2, 0.25) is 0 Å². The molecule has 0 aliphatic rings. The van der Waals surface area contributed by atoms with Gasteiger partial charge in [0.15, 0.2) is 11.6 Å². The summed E-state index contributed by atoms with van der Waals surface area (Å²) in [7, 11) is 0. The fourth-order valence-corrected chi connectivity index (χ4v) is 1.86. The van der Waals surface area contributed by atoms with Crippen LogP contribution in [0.4, 0.5) is 26.3 Å². The summed E-state index contributed by atoms with van der Waals surface area (Å²) >= 11 is 0. The molecule has 22 heavy (non-hydrogen) atoms. The summed E-state index contributed by atoms with van der Waals surface area (Å²) in [5.41, 5.74) is -2.12. The second-order valence-corrected chi connectivity index (χ2v) is 4.50. The van der Waals surface area contributed by atoms with Crippen molar-refractivity contribution in [2.75, 3.05) is 0 Å². The van der Waals surface area contributed by atoms with Gasteiger partial charge in [0.25, 0.3) is 0 Å². The molecule has 0 amide bonds. The lowest BCUT2D eigenvalue weighted by Gasteiger charge is -2.12. The maximum absolute atomic E-state index is 13.6. The van der Waals surface area contributed by atoms with Crippen LogP contribution in [0.25, 0.3) is 0 Å². The lowest BCUT2D eigenvalue weighted by atomic mass is 10.1. The Kier molecular flexibility index (Phi) is 4.75. The van der Waals surface area contributed by atoms with E-state index in [4.69, 9.17) is 4.74 Å². The number of halogens is 6. The van der Waals surface area contributed by atoms with Gasteiger partial charge < -0.3 is 4.74 Å². The van der Waals surface area contributed by atoms with Crippen molar-refractivity contribution in [2.24, 2.45) is 0 Å². The average molecular weight is 320 g/mol. The summed E-state index contributed by atoms with van der Waals surface area (Å²) < 4.78 is 82.6. The van der Waals surface area contributed by atoms with Crippen LogP contribution in [0.5, 0.6) is 0 Å². The van der Waals surface area contributed by atoms with Crippen molar-refractivity contribution in [1.29, 1.82) is 0 Å². The second kappa shape index (κ2) is 6.39. The predicted molar refractivity (Wildman–Crippen MR) is 66.3 cm³/mol. The molecule has 0 aliphatic carbocycles. The second-order valence-electron chi connectivity index (χ2n) is 4.50. The first-order chi connectivity index (χ1) is 10.3. The molecule has 2 aromatic carbocycles. The Morgan fingerprint density at radius 2 is 1.50 bits per heavy atom. The molecular formula is C15H10F6O. The maximum atomic E-state index is 13.6. The molecular weight excluding hydrogens is 310 g/mol. The minimum Gasteiger partial charge on any atom is -0.372 e. The normalized spacial score (nSPS) is 11.7. The van der Waals surface area contributed by atoms with Gasteiger partial charge in [-0.2, -0.15) is 13.2 Å². The van der Waals surface area contributed by atoms with E-state index >= 15 is 0 Å². The highest BCUT2D eigenvalue weighted by atomic mass is 19.4. The molecule has 2 aromatic rings. The predicted octanol–water partition coefficient (Wildman–Crippen LogP) is 4.84. The smallest absolute Gasteiger partial charge is 0.372 e. The molecule has 7 heteroatoms. The molecule has 0 aromatic heterocycles. The summed E-state index contributed by atoms with van der Waals surface area (Å²) in [5.74, 6) is -5.89. The number of hydrogen-bond donors (Lipinski definition) is 0. The largest absolute Gasteiger partial charge is 0.422 e. The standard InChI is InChI=1S/C15H10F6O/c16-11-6-10(8-22-7-9-4-2-1-3-5-9)13(17)14(18)12(11)15(19,20)21/h1-6H,7-8H2. The van der Waals surface area contributed by atoms with Gasteiger partial charge in [0.2, 0.25) is 0 Å². The minimum absolute atomic E-state index is 0.0323. The van der Waals surface area contributed by atoms with E-state index in [9.17, 15) is 26.3 Å². The Bertz CT molecular complexity index is 651. The van der Waals surface area contributed by atoms with E-state index in [1.165, 1.54) is 0 Å². The van der Waals surface area contributed by atoms with E-state index in [-0.39, 0.29) is 6.61 Å². The summed E-state index contributed by atoms with van der Waals surface area (Å²) in [6.07, 6.45) is -5.31. The van der Waals surface area contributed by atoms with Crippen LogP contribution in [0.1, 0.15) is 16.7 Å². The topological polar surface area (TPSA) is 9.23 Å². The molecule has 0 aliphatic heterocycles. The molecule has 0 saturated carbocycles. The SMILES string of the molecule is Fc1cc(COCc2ccccc2)c(F)c(F)c1C(F)(F)F. The Balaban J connectivity index is 2.16. The van der Waals surface area contributed by atoms with E-state index in [0.717, 1.165) is 5.56 Å². The monoisotopic (exact) mass is 320 g/mol. The van der Waals surface area contributed by atoms with Crippen LogP contribution in [-0.4, -0.2) is 0 Å². The highest BCUT2D eigenvalue weighted by Gasteiger charge is 2.39. The Hall–Kier alpha value is -2.02. The zero-order valence-corrected chi connectivity index (χ0v) is 11.1. The van der Waals surface area contributed by atoms with Crippen LogP contribution in [0, 0.1) is 17.5 Å². The van der Waals surface area contributed by atoms with Crippen molar-refractivity contribution >= 4 is 0 Å². The fourth-order valence-electron chi connectivity index (χ4n) is 1.86. The number of hydrogen-bond acceptors (Lipinski definition) is 1. The minimum atomic E-state index is -5.31. The maximum Gasteiger partial charge on any atom is 0.422 e. The Morgan fingerprint density at radius 3 is 2.09 bits per heavy atom. The molecule has 0 bridgehead atoms. The summed E-state index contributed by atoms with van der Waals surface area (Å²) in [5, 5.41) is 0. The van der Waals surface area contributed by atoms with Gasteiger partial charge in [-0.1, -0.05) is 30.3 Å². The third-order valence-electron chi connectivity index (χ3n) is 2.89. The van der Waals surface area contributed by atoms with Crippen molar-refractivity contribution in [3.05, 3.63) is 70.5 Å². The van der Waals surface area contributed by atoms with Gasteiger partial charge in [0.1, 0.15) is 11.4 Å².